The first-order chi connectivity index (χ1) is 7.60. The van der Waals surface area contributed by atoms with Crippen molar-refractivity contribution in [2.75, 3.05) is 13.1 Å². The summed E-state index contributed by atoms with van der Waals surface area (Å²) in [6.07, 6.45) is 4.29. The van der Waals surface area contributed by atoms with Crippen molar-refractivity contribution in [3.63, 3.8) is 0 Å². The first kappa shape index (κ1) is 12.1. The number of nitrogens with one attached hydrogen (secondary N) is 1. The van der Waals surface area contributed by atoms with Crippen molar-refractivity contribution < 1.29 is 0 Å². The Bertz CT molecular complexity index is 341. The molecule has 1 aromatic rings. The summed E-state index contributed by atoms with van der Waals surface area (Å²) in [7, 11) is 0. The molecule has 2 heterocycles. The summed E-state index contributed by atoms with van der Waals surface area (Å²) in [4.78, 5) is 4.48. The third kappa shape index (κ3) is 2.83. The maximum absolute atomic E-state index is 4.48. The fourth-order valence-electron chi connectivity index (χ4n) is 2.58. The van der Waals surface area contributed by atoms with E-state index in [1.807, 2.05) is 6.20 Å². The van der Waals surface area contributed by atoms with Crippen molar-refractivity contribution in [1.82, 2.24) is 10.3 Å². The van der Waals surface area contributed by atoms with E-state index in [0.29, 0.717) is 5.41 Å². The molecule has 0 spiro atoms. The van der Waals surface area contributed by atoms with Crippen LogP contribution >= 0.6 is 15.9 Å². The van der Waals surface area contributed by atoms with E-state index in [9.17, 15) is 0 Å². The molecule has 1 fully saturated rings. The molecule has 0 amide bonds. The second-order valence-electron chi connectivity index (χ2n) is 5.35. The summed E-state index contributed by atoms with van der Waals surface area (Å²) < 4.78 is 1.06. The van der Waals surface area contributed by atoms with Gasteiger partial charge in [-0.2, -0.15) is 0 Å². The van der Waals surface area contributed by atoms with Crippen LogP contribution in [0.25, 0.3) is 0 Å². The molecule has 1 aromatic heterocycles. The summed E-state index contributed by atoms with van der Waals surface area (Å²) in [5.41, 5.74) is 1.67. The Morgan fingerprint density at radius 2 is 2.19 bits per heavy atom. The van der Waals surface area contributed by atoms with Crippen molar-refractivity contribution in [1.29, 1.82) is 0 Å². The Morgan fingerprint density at radius 3 is 2.62 bits per heavy atom. The van der Waals surface area contributed by atoms with E-state index in [2.05, 4.69) is 52.2 Å². The van der Waals surface area contributed by atoms with E-state index in [4.69, 9.17) is 0 Å². The lowest BCUT2D eigenvalue weighted by atomic mass is 9.72. The van der Waals surface area contributed by atoms with Crippen molar-refractivity contribution in [3.05, 3.63) is 28.5 Å². The monoisotopic (exact) mass is 282 g/mol. The van der Waals surface area contributed by atoms with E-state index in [1.165, 1.54) is 12.1 Å². The smallest absolute Gasteiger partial charge is 0.0413 e. The third-order valence-corrected chi connectivity index (χ3v) is 3.66. The highest BCUT2D eigenvalue weighted by molar-refractivity contribution is 9.10. The normalized spacial score (nSPS) is 18.5. The average molecular weight is 283 g/mol. The number of hydrogen-bond donors (Lipinski definition) is 1. The fraction of sp³-hybridized carbons (Fsp3) is 0.615. The second-order valence-corrected chi connectivity index (χ2v) is 6.26. The van der Waals surface area contributed by atoms with Crippen molar-refractivity contribution in [2.45, 2.75) is 26.7 Å². The molecule has 88 valence electrons. The van der Waals surface area contributed by atoms with Crippen LogP contribution in [0.2, 0.25) is 0 Å². The number of halogens is 1. The maximum atomic E-state index is 4.48. The van der Waals surface area contributed by atoms with Gasteiger partial charge in [-0.05, 0) is 46.8 Å². The SMILES string of the molecule is CC(C)CC1(Cc2ccc(Br)cn2)CNC1. The van der Waals surface area contributed by atoms with E-state index >= 15 is 0 Å². The Hall–Kier alpha value is -0.410. The zero-order valence-corrected chi connectivity index (χ0v) is 11.5. The molecule has 0 aromatic carbocycles. The zero-order chi connectivity index (χ0) is 11.6. The Balaban J connectivity index is 2.04. The van der Waals surface area contributed by atoms with Crippen LogP contribution in [0.5, 0.6) is 0 Å². The van der Waals surface area contributed by atoms with E-state index in [0.717, 1.165) is 29.9 Å². The lowest BCUT2D eigenvalue weighted by molar-refractivity contribution is 0.129. The maximum Gasteiger partial charge on any atom is 0.0413 e. The Morgan fingerprint density at radius 1 is 1.44 bits per heavy atom. The van der Waals surface area contributed by atoms with E-state index in [-0.39, 0.29) is 0 Å². The number of rotatable bonds is 4. The summed E-state index contributed by atoms with van der Waals surface area (Å²) in [5.74, 6) is 0.762. The van der Waals surface area contributed by atoms with Crippen LogP contribution in [0, 0.1) is 11.3 Å². The zero-order valence-electron chi connectivity index (χ0n) is 9.96. The lowest BCUT2D eigenvalue weighted by Crippen LogP contribution is -2.55. The van der Waals surface area contributed by atoms with Crippen LogP contribution in [0.1, 0.15) is 26.0 Å². The number of pyridine rings is 1. The van der Waals surface area contributed by atoms with E-state index < -0.39 is 0 Å². The molecule has 1 aliphatic heterocycles. The van der Waals surface area contributed by atoms with Crippen molar-refractivity contribution in [2.24, 2.45) is 11.3 Å². The van der Waals surface area contributed by atoms with Crippen LogP contribution in [0.4, 0.5) is 0 Å². The van der Waals surface area contributed by atoms with Gasteiger partial charge < -0.3 is 5.32 Å². The van der Waals surface area contributed by atoms with Gasteiger partial charge in [-0.3, -0.25) is 4.98 Å². The lowest BCUT2D eigenvalue weighted by Gasteiger charge is -2.44. The summed E-state index contributed by atoms with van der Waals surface area (Å²) in [6, 6.07) is 4.21. The van der Waals surface area contributed by atoms with Crippen LogP contribution < -0.4 is 5.32 Å². The summed E-state index contributed by atoms with van der Waals surface area (Å²) >= 11 is 3.42. The van der Waals surface area contributed by atoms with Gasteiger partial charge in [0.2, 0.25) is 0 Å². The Kier molecular flexibility index (Phi) is 3.65. The van der Waals surface area contributed by atoms with Gasteiger partial charge in [-0.1, -0.05) is 13.8 Å². The number of hydrogen-bond acceptors (Lipinski definition) is 2. The van der Waals surface area contributed by atoms with Gasteiger partial charge in [-0.15, -0.1) is 0 Å². The summed E-state index contributed by atoms with van der Waals surface area (Å²) in [6.45, 7) is 6.88. The van der Waals surface area contributed by atoms with Crippen molar-refractivity contribution >= 4 is 15.9 Å². The molecule has 0 atom stereocenters. The highest BCUT2D eigenvalue weighted by Gasteiger charge is 2.37. The molecule has 16 heavy (non-hydrogen) atoms. The molecule has 3 heteroatoms. The molecule has 1 saturated heterocycles. The molecule has 0 bridgehead atoms. The van der Waals surface area contributed by atoms with Crippen LogP contribution in [0.3, 0.4) is 0 Å². The molecule has 1 aliphatic rings. The molecular weight excluding hydrogens is 264 g/mol. The molecule has 2 rings (SSSR count). The van der Waals surface area contributed by atoms with Gasteiger partial charge in [0.15, 0.2) is 0 Å². The average Bonchev–Trinajstić information content (AvgIpc) is 2.17. The molecule has 0 aliphatic carbocycles. The van der Waals surface area contributed by atoms with Gasteiger partial charge >= 0.3 is 0 Å². The quantitative estimate of drug-likeness (QED) is 0.918. The predicted octanol–water partition coefficient (Wildman–Crippen LogP) is 3.02. The topological polar surface area (TPSA) is 24.9 Å². The molecule has 0 saturated carbocycles. The third-order valence-electron chi connectivity index (χ3n) is 3.19. The summed E-state index contributed by atoms with van der Waals surface area (Å²) in [5, 5.41) is 3.40. The molecule has 0 radical (unpaired) electrons. The largest absolute Gasteiger partial charge is 0.316 e. The van der Waals surface area contributed by atoms with Gasteiger partial charge in [-0.25, -0.2) is 0 Å². The van der Waals surface area contributed by atoms with Crippen LogP contribution in [-0.2, 0) is 6.42 Å². The van der Waals surface area contributed by atoms with Crippen LogP contribution in [-0.4, -0.2) is 18.1 Å². The molecule has 0 unspecified atom stereocenters. The van der Waals surface area contributed by atoms with Gasteiger partial charge in [0.05, 0.1) is 0 Å². The molecular formula is C13H19BrN2. The van der Waals surface area contributed by atoms with Crippen molar-refractivity contribution in [3.8, 4) is 0 Å². The van der Waals surface area contributed by atoms with Gasteiger partial charge in [0, 0.05) is 34.9 Å². The van der Waals surface area contributed by atoms with E-state index in [1.54, 1.807) is 0 Å². The minimum absolute atomic E-state index is 0.453. The van der Waals surface area contributed by atoms with Crippen LogP contribution in [0.15, 0.2) is 22.8 Å². The predicted molar refractivity (Wildman–Crippen MR) is 70.4 cm³/mol. The Labute approximate surface area is 106 Å². The number of nitrogens with zero attached hydrogens (tertiary/aromatic N) is 1. The minimum atomic E-state index is 0.453. The van der Waals surface area contributed by atoms with Gasteiger partial charge in [0.25, 0.3) is 0 Å². The standard InChI is InChI=1S/C13H19BrN2/c1-10(2)5-13(8-15-9-13)6-12-4-3-11(14)7-16-12/h3-4,7,10,15H,5-6,8-9H2,1-2H3. The first-order valence-corrected chi connectivity index (χ1v) is 6.70. The first-order valence-electron chi connectivity index (χ1n) is 5.91. The fourth-order valence-corrected chi connectivity index (χ4v) is 2.82. The second kappa shape index (κ2) is 4.84. The molecule has 1 N–H and O–H groups in total. The highest BCUT2D eigenvalue weighted by Crippen LogP contribution is 2.34. The number of aromatic nitrogens is 1. The van der Waals surface area contributed by atoms with Gasteiger partial charge in [0.1, 0.15) is 0 Å². The minimum Gasteiger partial charge on any atom is -0.316 e. The molecule has 2 nitrogen and oxygen atoms in total. The highest BCUT2D eigenvalue weighted by atomic mass is 79.9.